The van der Waals surface area contributed by atoms with Crippen LogP contribution in [0.15, 0.2) is 24.3 Å². The van der Waals surface area contributed by atoms with Gasteiger partial charge in [-0.2, -0.15) is 0 Å². The summed E-state index contributed by atoms with van der Waals surface area (Å²) in [6, 6.07) is 5.98. The minimum Gasteiger partial charge on any atom is -0.355 e. The van der Waals surface area contributed by atoms with Crippen LogP contribution in [0.5, 0.6) is 0 Å². The second kappa shape index (κ2) is 7.35. The fourth-order valence-electron chi connectivity index (χ4n) is 1.69. The average Bonchev–Trinajstić information content (AvgIpc) is 2.39. The highest BCUT2D eigenvalue weighted by atomic mass is 32.2. The van der Waals surface area contributed by atoms with Crippen molar-refractivity contribution in [2.45, 2.75) is 19.3 Å². The minimum absolute atomic E-state index is 0.0588. The zero-order chi connectivity index (χ0) is 15.2. The SMILES string of the molecule is CNS(=O)(=O)CCNC(=O)CC(C)c1ccc(F)cc1. The molecule has 2 N–H and O–H groups in total. The van der Waals surface area contributed by atoms with Gasteiger partial charge in [0.2, 0.25) is 15.9 Å². The van der Waals surface area contributed by atoms with Crippen LogP contribution >= 0.6 is 0 Å². The van der Waals surface area contributed by atoms with Crippen molar-refractivity contribution in [1.29, 1.82) is 0 Å². The van der Waals surface area contributed by atoms with Crippen molar-refractivity contribution >= 4 is 15.9 Å². The quantitative estimate of drug-likeness (QED) is 0.788. The van der Waals surface area contributed by atoms with Crippen LogP contribution in [0.2, 0.25) is 0 Å². The molecule has 1 atom stereocenters. The van der Waals surface area contributed by atoms with Crippen molar-refractivity contribution in [3.8, 4) is 0 Å². The number of carbonyl (C=O) groups is 1. The van der Waals surface area contributed by atoms with Gasteiger partial charge < -0.3 is 5.32 Å². The maximum Gasteiger partial charge on any atom is 0.220 e. The van der Waals surface area contributed by atoms with E-state index in [0.29, 0.717) is 0 Å². The van der Waals surface area contributed by atoms with Crippen molar-refractivity contribution in [2.24, 2.45) is 0 Å². The highest BCUT2D eigenvalue weighted by Gasteiger charge is 2.12. The molecule has 0 aliphatic heterocycles. The Kier molecular flexibility index (Phi) is 6.09. The van der Waals surface area contributed by atoms with E-state index in [9.17, 15) is 17.6 Å². The summed E-state index contributed by atoms with van der Waals surface area (Å²) in [5.41, 5.74) is 0.865. The second-order valence-electron chi connectivity index (χ2n) is 4.53. The number of sulfonamides is 1. The maximum atomic E-state index is 12.8. The first-order valence-corrected chi connectivity index (χ1v) is 7.92. The first-order valence-electron chi connectivity index (χ1n) is 6.27. The lowest BCUT2D eigenvalue weighted by atomic mass is 9.97. The summed E-state index contributed by atoms with van der Waals surface area (Å²) >= 11 is 0. The molecular formula is C13H19FN2O3S. The largest absolute Gasteiger partial charge is 0.355 e. The van der Waals surface area contributed by atoms with E-state index in [1.165, 1.54) is 19.2 Å². The first kappa shape index (κ1) is 16.6. The Bertz CT molecular complexity index is 543. The Morgan fingerprint density at radius 1 is 1.30 bits per heavy atom. The van der Waals surface area contributed by atoms with E-state index in [0.717, 1.165) is 5.56 Å². The first-order chi connectivity index (χ1) is 9.34. The van der Waals surface area contributed by atoms with Crippen molar-refractivity contribution < 1.29 is 17.6 Å². The Labute approximate surface area is 118 Å². The molecule has 0 aliphatic rings. The zero-order valence-electron chi connectivity index (χ0n) is 11.5. The third-order valence-electron chi connectivity index (χ3n) is 2.93. The Hall–Kier alpha value is -1.47. The van der Waals surface area contributed by atoms with Crippen LogP contribution in [0.25, 0.3) is 0 Å². The van der Waals surface area contributed by atoms with Crippen LogP contribution in [0.3, 0.4) is 0 Å². The molecule has 5 nitrogen and oxygen atoms in total. The lowest BCUT2D eigenvalue weighted by Gasteiger charge is -2.12. The van der Waals surface area contributed by atoms with Crippen LogP contribution < -0.4 is 10.0 Å². The molecule has 20 heavy (non-hydrogen) atoms. The molecule has 0 aromatic heterocycles. The summed E-state index contributed by atoms with van der Waals surface area (Å²) in [7, 11) is -1.98. The van der Waals surface area contributed by atoms with Crippen LogP contribution in [0.1, 0.15) is 24.8 Å². The molecule has 0 saturated heterocycles. The Morgan fingerprint density at radius 2 is 1.90 bits per heavy atom. The third-order valence-corrected chi connectivity index (χ3v) is 4.30. The molecule has 1 aromatic rings. The highest BCUT2D eigenvalue weighted by Crippen LogP contribution is 2.18. The average molecular weight is 302 g/mol. The fraction of sp³-hybridized carbons (Fsp3) is 0.462. The normalized spacial score (nSPS) is 12.9. The standard InChI is InChI=1S/C13H19FN2O3S/c1-10(11-3-5-12(14)6-4-11)9-13(17)16-7-8-20(18,19)15-2/h3-6,10,15H,7-9H2,1-2H3,(H,16,17). The van der Waals surface area contributed by atoms with Gasteiger partial charge in [-0.3, -0.25) is 4.79 Å². The lowest BCUT2D eigenvalue weighted by molar-refractivity contribution is -0.121. The van der Waals surface area contributed by atoms with Crippen LogP contribution in [-0.2, 0) is 14.8 Å². The van der Waals surface area contributed by atoms with Gasteiger partial charge in [0.1, 0.15) is 5.82 Å². The lowest BCUT2D eigenvalue weighted by Crippen LogP contribution is -2.33. The number of nitrogens with one attached hydrogen (secondary N) is 2. The minimum atomic E-state index is -3.31. The fourth-order valence-corrected chi connectivity index (χ4v) is 2.26. The molecule has 0 saturated carbocycles. The molecule has 1 aromatic carbocycles. The van der Waals surface area contributed by atoms with Gasteiger partial charge in [0, 0.05) is 13.0 Å². The van der Waals surface area contributed by atoms with E-state index < -0.39 is 10.0 Å². The summed E-state index contributed by atoms with van der Waals surface area (Å²) in [5, 5.41) is 2.55. The number of amides is 1. The van der Waals surface area contributed by atoms with E-state index in [1.54, 1.807) is 12.1 Å². The molecule has 1 unspecified atom stereocenters. The summed E-state index contributed by atoms with van der Waals surface area (Å²) in [5.74, 6) is -0.757. The second-order valence-corrected chi connectivity index (χ2v) is 6.58. The number of halogens is 1. The molecule has 112 valence electrons. The number of hydrogen-bond donors (Lipinski definition) is 2. The molecule has 0 heterocycles. The number of benzene rings is 1. The highest BCUT2D eigenvalue weighted by molar-refractivity contribution is 7.89. The van der Waals surface area contributed by atoms with Gasteiger partial charge >= 0.3 is 0 Å². The zero-order valence-corrected chi connectivity index (χ0v) is 12.3. The summed E-state index contributed by atoms with van der Waals surface area (Å²) in [6.45, 7) is 1.93. The molecule has 1 amide bonds. The van der Waals surface area contributed by atoms with Crippen molar-refractivity contribution in [2.75, 3.05) is 19.3 Å². The molecule has 0 radical (unpaired) electrons. The monoisotopic (exact) mass is 302 g/mol. The molecule has 0 bridgehead atoms. The van der Waals surface area contributed by atoms with Gasteiger partial charge in [0.25, 0.3) is 0 Å². The molecular weight excluding hydrogens is 283 g/mol. The molecule has 7 heteroatoms. The Balaban J connectivity index is 2.40. The predicted octanol–water partition coefficient (Wildman–Crippen LogP) is 0.985. The smallest absolute Gasteiger partial charge is 0.220 e. The Morgan fingerprint density at radius 3 is 2.45 bits per heavy atom. The molecule has 0 aliphatic carbocycles. The molecule has 0 spiro atoms. The van der Waals surface area contributed by atoms with Crippen molar-refractivity contribution in [3.63, 3.8) is 0 Å². The maximum absolute atomic E-state index is 12.8. The predicted molar refractivity (Wildman–Crippen MR) is 75.3 cm³/mol. The summed E-state index contributed by atoms with van der Waals surface area (Å²) in [4.78, 5) is 11.7. The van der Waals surface area contributed by atoms with Crippen LogP contribution in [-0.4, -0.2) is 33.7 Å². The van der Waals surface area contributed by atoms with Crippen LogP contribution in [0.4, 0.5) is 4.39 Å². The summed E-state index contributed by atoms with van der Waals surface area (Å²) in [6.07, 6.45) is 0.227. The van der Waals surface area contributed by atoms with Gasteiger partial charge in [-0.25, -0.2) is 17.5 Å². The molecule has 1 rings (SSSR count). The van der Waals surface area contributed by atoms with E-state index in [-0.39, 0.29) is 36.4 Å². The van der Waals surface area contributed by atoms with Crippen molar-refractivity contribution in [3.05, 3.63) is 35.6 Å². The van der Waals surface area contributed by atoms with Gasteiger partial charge in [-0.15, -0.1) is 0 Å². The number of carbonyl (C=O) groups excluding carboxylic acids is 1. The van der Waals surface area contributed by atoms with E-state index in [4.69, 9.17) is 0 Å². The van der Waals surface area contributed by atoms with Gasteiger partial charge in [-0.1, -0.05) is 19.1 Å². The number of rotatable bonds is 7. The topological polar surface area (TPSA) is 75.3 Å². The van der Waals surface area contributed by atoms with Gasteiger partial charge in [-0.05, 0) is 30.7 Å². The summed E-state index contributed by atoms with van der Waals surface area (Å²) < 4.78 is 37.3. The van der Waals surface area contributed by atoms with Gasteiger partial charge in [0.05, 0.1) is 5.75 Å². The van der Waals surface area contributed by atoms with Crippen LogP contribution in [0, 0.1) is 5.82 Å². The van der Waals surface area contributed by atoms with Crippen molar-refractivity contribution in [1.82, 2.24) is 10.0 Å². The van der Waals surface area contributed by atoms with E-state index in [1.807, 2.05) is 6.92 Å². The van der Waals surface area contributed by atoms with E-state index in [2.05, 4.69) is 10.0 Å². The third kappa shape index (κ3) is 5.66. The van der Waals surface area contributed by atoms with Gasteiger partial charge in [0.15, 0.2) is 0 Å². The molecule has 0 fully saturated rings. The number of hydrogen-bond acceptors (Lipinski definition) is 3. The van der Waals surface area contributed by atoms with E-state index >= 15 is 0 Å².